The van der Waals surface area contributed by atoms with E-state index in [9.17, 15) is 5.11 Å². The molecule has 1 aromatic rings. The molecule has 1 fully saturated rings. The molecule has 0 spiro atoms. The van der Waals surface area contributed by atoms with Crippen molar-refractivity contribution < 1.29 is 5.11 Å². The van der Waals surface area contributed by atoms with E-state index in [0.29, 0.717) is 13.1 Å². The van der Waals surface area contributed by atoms with Crippen LogP contribution in [0.25, 0.3) is 0 Å². The minimum Gasteiger partial charge on any atom is -0.387 e. The Balaban J connectivity index is 2.11. The molecule has 3 nitrogen and oxygen atoms in total. The zero-order chi connectivity index (χ0) is 10.9. The number of β-amino-alcohol motifs (C(OH)–C–C–N with tert-alkyl or cyclic N) is 1. The molecular formula is C12H18N2O. The first-order valence-corrected chi connectivity index (χ1v) is 5.37. The molecule has 0 bridgehead atoms. The van der Waals surface area contributed by atoms with Gasteiger partial charge in [0, 0.05) is 25.3 Å². The Morgan fingerprint density at radius 1 is 1.40 bits per heavy atom. The van der Waals surface area contributed by atoms with Gasteiger partial charge in [0.25, 0.3) is 0 Å². The van der Waals surface area contributed by atoms with Gasteiger partial charge in [0.2, 0.25) is 0 Å². The van der Waals surface area contributed by atoms with Gasteiger partial charge in [-0.3, -0.25) is 0 Å². The van der Waals surface area contributed by atoms with Crippen molar-refractivity contribution >= 4 is 5.69 Å². The van der Waals surface area contributed by atoms with E-state index in [0.717, 1.165) is 13.0 Å². The fourth-order valence-electron chi connectivity index (χ4n) is 2.00. The number of rotatable bonds is 2. The van der Waals surface area contributed by atoms with Gasteiger partial charge in [-0.1, -0.05) is 17.7 Å². The van der Waals surface area contributed by atoms with Gasteiger partial charge in [-0.15, -0.1) is 0 Å². The van der Waals surface area contributed by atoms with E-state index >= 15 is 0 Å². The number of hydrogen-bond donors (Lipinski definition) is 2. The van der Waals surface area contributed by atoms with E-state index in [2.05, 4.69) is 36.1 Å². The highest BCUT2D eigenvalue weighted by Gasteiger charge is 2.34. The molecule has 1 saturated heterocycles. The third-order valence-corrected chi connectivity index (χ3v) is 3.11. The summed E-state index contributed by atoms with van der Waals surface area (Å²) in [5, 5.41) is 10.0. The number of benzene rings is 1. The van der Waals surface area contributed by atoms with E-state index in [1.54, 1.807) is 0 Å². The van der Waals surface area contributed by atoms with E-state index in [1.807, 2.05) is 0 Å². The fourth-order valence-corrected chi connectivity index (χ4v) is 2.00. The number of nitrogens with zero attached hydrogens (tertiary/aromatic N) is 1. The molecule has 1 heterocycles. The van der Waals surface area contributed by atoms with Crippen molar-refractivity contribution in [3.8, 4) is 0 Å². The molecule has 1 aliphatic heterocycles. The van der Waals surface area contributed by atoms with Crippen molar-refractivity contribution in [1.29, 1.82) is 0 Å². The molecule has 1 aromatic carbocycles. The smallest absolute Gasteiger partial charge is 0.0959 e. The van der Waals surface area contributed by atoms with E-state index in [4.69, 9.17) is 5.73 Å². The topological polar surface area (TPSA) is 49.5 Å². The number of hydrogen-bond acceptors (Lipinski definition) is 3. The van der Waals surface area contributed by atoms with Gasteiger partial charge in [0.05, 0.1) is 5.60 Å². The average molecular weight is 206 g/mol. The third-order valence-electron chi connectivity index (χ3n) is 3.11. The van der Waals surface area contributed by atoms with Crippen LogP contribution in [-0.2, 0) is 0 Å². The lowest BCUT2D eigenvalue weighted by atomic mass is 10.0. The van der Waals surface area contributed by atoms with E-state index in [1.165, 1.54) is 11.3 Å². The highest BCUT2D eigenvalue weighted by molar-refractivity contribution is 5.49. The predicted molar refractivity (Wildman–Crippen MR) is 62.0 cm³/mol. The van der Waals surface area contributed by atoms with Crippen molar-refractivity contribution in [1.82, 2.24) is 0 Å². The van der Waals surface area contributed by atoms with Crippen LogP contribution in [0.15, 0.2) is 24.3 Å². The Labute approximate surface area is 90.5 Å². The van der Waals surface area contributed by atoms with Crippen LogP contribution in [0.2, 0.25) is 0 Å². The van der Waals surface area contributed by atoms with Crippen molar-refractivity contribution in [2.24, 2.45) is 5.73 Å². The minimum absolute atomic E-state index is 0.343. The van der Waals surface area contributed by atoms with Gasteiger partial charge in [-0.05, 0) is 25.5 Å². The molecule has 0 aliphatic carbocycles. The number of nitrogens with two attached hydrogens (primary N) is 1. The average Bonchev–Trinajstić information content (AvgIpc) is 2.63. The van der Waals surface area contributed by atoms with Crippen molar-refractivity contribution in [3.63, 3.8) is 0 Å². The maximum Gasteiger partial charge on any atom is 0.0959 e. The molecule has 82 valence electrons. The van der Waals surface area contributed by atoms with Crippen molar-refractivity contribution in [2.75, 3.05) is 24.5 Å². The second-order valence-electron chi connectivity index (χ2n) is 4.44. The predicted octanol–water partition coefficient (Wildman–Crippen LogP) is 0.895. The first-order valence-electron chi connectivity index (χ1n) is 5.37. The van der Waals surface area contributed by atoms with Crippen LogP contribution in [0.3, 0.4) is 0 Å². The molecule has 0 amide bonds. The molecule has 0 aromatic heterocycles. The maximum absolute atomic E-state index is 10.0. The lowest BCUT2D eigenvalue weighted by Gasteiger charge is -2.22. The number of aliphatic hydroxyl groups is 1. The molecule has 2 rings (SSSR count). The standard InChI is InChI=1S/C12H18N2O/c1-10-2-4-11(5-3-10)14-7-6-12(15,8-13)9-14/h2-5,15H,6-9,13H2,1H3. The zero-order valence-corrected chi connectivity index (χ0v) is 9.11. The van der Waals surface area contributed by atoms with Gasteiger partial charge in [-0.2, -0.15) is 0 Å². The summed E-state index contributed by atoms with van der Waals surface area (Å²) in [6.45, 7) is 3.95. The van der Waals surface area contributed by atoms with E-state index < -0.39 is 5.60 Å². The number of anilines is 1. The second-order valence-corrected chi connectivity index (χ2v) is 4.44. The SMILES string of the molecule is Cc1ccc(N2CCC(O)(CN)C2)cc1. The maximum atomic E-state index is 10.0. The molecule has 3 heteroatoms. The Bertz CT molecular complexity index is 336. The van der Waals surface area contributed by atoms with E-state index in [-0.39, 0.29) is 0 Å². The third kappa shape index (κ3) is 2.13. The molecule has 1 unspecified atom stereocenters. The summed E-state index contributed by atoms with van der Waals surface area (Å²) in [5.74, 6) is 0. The summed E-state index contributed by atoms with van der Waals surface area (Å²) in [7, 11) is 0. The summed E-state index contributed by atoms with van der Waals surface area (Å²) in [6, 6.07) is 8.37. The summed E-state index contributed by atoms with van der Waals surface area (Å²) in [5.41, 5.74) is 7.29. The quantitative estimate of drug-likeness (QED) is 0.755. The van der Waals surface area contributed by atoms with Gasteiger partial charge in [0.1, 0.15) is 0 Å². The molecule has 1 atom stereocenters. The van der Waals surface area contributed by atoms with Crippen LogP contribution >= 0.6 is 0 Å². The van der Waals surface area contributed by atoms with Gasteiger partial charge in [0.15, 0.2) is 0 Å². The fraction of sp³-hybridized carbons (Fsp3) is 0.500. The Morgan fingerprint density at radius 3 is 2.60 bits per heavy atom. The van der Waals surface area contributed by atoms with Gasteiger partial charge < -0.3 is 15.7 Å². The minimum atomic E-state index is -0.690. The zero-order valence-electron chi connectivity index (χ0n) is 9.11. The highest BCUT2D eigenvalue weighted by atomic mass is 16.3. The normalized spacial score (nSPS) is 25.9. The first-order chi connectivity index (χ1) is 7.13. The largest absolute Gasteiger partial charge is 0.387 e. The second kappa shape index (κ2) is 3.83. The van der Waals surface area contributed by atoms with Crippen LogP contribution in [-0.4, -0.2) is 30.3 Å². The summed E-state index contributed by atoms with van der Waals surface area (Å²) in [6.07, 6.45) is 0.761. The van der Waals surface area contributed by atoms with Crippen LogP contribution in [0.5, 0.6) is 0 Å². The van der Waals surface area contributed by atoms with Crippen molar-refractivity contribution in [3.05, 3.63) is 29.8 Å². The van der Waals surface area contributed by atoms with Gasteiger partial charge in [-0.25, -0.2) is 0 Å². The Morgan fingerprint density at radius 2 is 2.07 bits per heavy atom. The summed E-state index contributed by atoms with van der Waals surface area (Å²) < 4.78 is 0. The molecule has 1 aliphatic rings. The van der Waals surface area contributed by atoms with Crippen LogP contribution in [0.4, 0.5) is 5.69 Å². The molecule has 0 radical (unpaired) electrons. The lowest BCUT2D eigenvalue weighted by molar-refractivity contribution is 0.0726. The van der Waals surface area contributed by atoms with Crippen LogP contribution in [0, 0.1) is 6.92 Å². The molecular weight excluding hydrogens is 188 g/mol. The molecule has 3 N–H and O–H groups in total. The van der Waals surface area contributed by atoms with Crippen molar-refractivity contribution in [2.45, 2.75) is 18.9 Å². The summed E-state index contributed by atoms with van der Waals surface area (Å²) >= 11 is 0. The summed E-state index contributed by atoms with van der Waals surface area (Å²) in [4.78, 5) is 2.19. The van der Waals surface area contributed by atoms with Crippen LogP contribution in [0.1, 0.15) is 12.0 Å². The van der Waals surface area contributed by atoms with Gasteiger partial charge >= 0.3 is 0 Å². The number of aryl methyl sites for hydroxylation is 1. The molecule has 0 saturated carbocycles. The Kier molecular flexibility index (Phi) is 2.67. The lowest BCUT2D eigenvalue weighted by Crippen LogP contribution is -2.40. The highest BCUT2D eigenvalue weighted by Crippen LogP contribution is 2.26. The molecule has 15 heavy (non-hydrogen) atoms. The Hall–Kier alpha value is -1.06. The monoisotopic (exact) mass is 206 g/mol. The van der Waals surface area contributed by atoms with Crippen LogP contribution < -0.4 is 10.6 Å². The first kappa shape index (κ1) is 10.5.